The van der Waals surface area contributed by atoms with Gasteiger partial charge in [-0.05, 0) is 48.9 Å². The van der Waals surface area contributed by atoms with Crippen LogP contribution < -0.4 is 5.32 Å². The third-order valence-corrected chi connectivity index (χ3v) is 6.06. The minimum atomic E-state index is -2.79. The van der Waals surface area contributed by atoms with Gasteiger partial charge < -0.3 is 10.4 Å². The molecule has 5 heteroatoms. The Balaban J connectivity index is 1.63. The molecule has 1 aromatic carbocycles. The molecule has 0 spiro atoms. The molecule has 2 atom stereocenters. The highest BCUT2D eigenvalue weighted by Crippen LogP contribution is 2.36. The van der Waals surface area contributed by atoms with Crippen molar-refractivity contribution in [3.05, 3.63) is 29.3 Å². The second-order valence-electron chi connectivity index (χ2n) is 5.61. The third kappa shape index (κ3) is 2.62. The highest BCUT2D eigenvalue weighted by atomic mass is 32.2. The monoisotopic (exact) mass is 281 g/mol. The molecule has 19 heavy (non-hydrogen) atoms. The minimum Gasteiger partial charge on any atom is -0.508 e. The molecule has 0 saturated carbocycles. The number of nitrogens with one attached hydrogen (secondary N) is 1. The van der Waals surface area contributed by atoms with Crippen LogP contribution in [0, 0.1) is 5.92 Å². The van der Waals surface area contributed by atoms with E-state index in [1.165, 1.54) is 5.56 Å². The van der Waals surface area contributed by atoms with E-state index in [1.807, 2.05) is 12.1 Å². The van der Waals surface area contributed by atoms with Gasteiger partial charge >= 0.3 is 0 Å². The van der Waals surface area contributed by atoms with Crippen molar-refractivity contribution < 1.29 is 13.5 Å². The molecule has 1 aliphatic carbocycles. The van der Waals surface area contributed by atoms with Crippen LogP contribution in [-0.2, 0) is 16.3 Å². The molecule has 1 heterocycles. The Labute approximate surface area is 113 Å². The lowest BCUT2D eigenvalue weighted by molar-refractivity contribution is 0.456. The van der Waals surface area contributed by atoms with Crippen LogP contribution in [0.15, 0.2) is 18.2 Å². The summed E-state index contributed by atoms with van der Waals surface area (Å²) in [6.45, 7) is 0.749. The first-order valence-electron chi connectivity index (χ1n) is 6.80. The van der Waals surface area contributed by atoms with Crippen molar-refractivity contribution in [2.75, 3.05) is 18.1 Å². The molecular weight excluding hydrogens is 262 g/mol. The lowest BCUT2D eigenvalue weighted by Gasteiger charge is -2.16. The van der Waals surface area contributed by atoms with Crippen LogP contribution in [0.1, 0.15) is 30.0 Å². The number of fused-ring (bicyclic) bond motifs is 1. The molecule has 1 fully saturated rings. The Hall–Kier alpha value is -1.07. The van der Waals surface area contributed by atoms with Gasteiger partial charge in [-0.3, -0.25) is 0 Å². The Morgan fingerprint density at radius 3 is 2.89 bits per heavy atom. The van der Waals surface area contributed by atoms with E-state index in [2.05, 4.69) is 5.32 Å². The summed E-state index contributed by atoms with van der Waals surface area (Å²) < 4.78 is 22.8. The van der Waals surface area contributed by atoms with E-state index in [4.69, 9.17) is 0 Å². The van der Waals surface area contributed by atoms with Gasteiger partial charge in [0, 0.05) is 6.04 Å². The van der Waals surface area contributed by atoms with Crippen molar-refractivity contribution in [2.45, 2.75) is 25.3 Å². The molecule has 2 aliphatic rings. The zero-order valence-corrected chi connectivity index (χ0v) is 11.6. The number of hydrogen-bond donors (Lipinski definition) is 2. The number of phenolic OH excluding ortho intramolecular Hbond substituents is 1. The van der Waals surface area contributed by atoms with E-state index in [0.29, 0.717) is 17.3 Å². The van der Waals surface area contributed by atoms with Gasteiger partial charge in [-0.25, -0.2) is 8.42 Å². The fraction of sp³-hybridized carbons (Fsp3) is 0.571. The highest BCUT2D eigenvalue weighted by molar-refractivity contribution is 7.91. The van der Waals surface area contributed by atoms with Gasteiger partial charge in [-0.2, -0.15) is 0 Å². The highest BCUT2D eigenvalue weighted by Gasteiger charge is 2.30. The Morgan fingerprint density at radius 1 is 1.32 bits per heavy atom. The lowest BCUT2D eigenvalue weighted by atomic mass is 10.1. The van der Waals surface area contributed by atoms with Crippen molar-refractivity contribution in [2.24, 2.45) is 5.92 Å². The molecule has 3 rings (SSSR count). The number of hydrogen-bond acceptors (Lipinski definition) is 4. The van der Waals surface area contributed by atoms with E-state index < -0.39 is 9.84 Å². The van der Waals surface area contributed by atoms with Crippen LogP contribution >= 0.6 is 0 Å². The molecule has 0 aromatic heterocycles. The predicted octanol–water partition coefficient (Wildman–Crippen LogP) is 1.40. The average molecular weight is 281 g/mol. The quantitative estimate of drug-likeness (QED) is 0.879. The standard InChI is InChI=1S/C14H19NO3S/c16-14-3-1-2-11-12(14)4-5-13(11)15-8-10-6-7-19(17,18)9-10/h1-3,10,13,15-16H,4-9H2. The summed E-state index contributed by atoms with van der Waals surface area (Å²) in [6.07, 6.45) is 2.64. The normalized spacial score (nSPS) is 28.4. The van der Waals surface area contributed by atoms with Crippen LogP contribution in [0.2, 0.25) is 0 Å². The van der Waals surface area contributed by atoms with Crippen molar-refractivity contribution >= 4 is 9.84 Å². The minimum absolute atomic E-state index is 0.242. The maximum atomic E-state index is 11.4. The Kier molecular flexibility index (Phi) is 3.27. The summed E-state index contributed by atoms with van der Waals surface area (Å²) in [5.41, 5.74) is 2.21. The van der Waals surface area contributed by atoms with Gasteiger partial charge in [0.2, 0.25) is 0 Å². The molecule has 2 N–H and O–H groups in total. The van der Waals surface area contributed by atoms with Gasteiger partial charge in [0.05, 0.1) is 11.5 Å². The third-order valence-electron chi connectivity index (χ3n) is 4.23. The zero-order valence-electron chi connectivity index (χ0n) is 10.8. The van der Waals surface area contributed by atoms with Crippen LogP contribution in [0.4, 0.5) is 0 Å². The number of benzene rings is 1. The van der Waals surface area contributed by atoms with Gasteiger partial charge in [0.25, 0.3) is 0 Å². The SMILES string of the molecule is O=S1(=O)CCC(CNC2CCc3c(O)cccc32)C1. The summed E-state index contributed by atoms with van der Waals surface area (Å²) in [5, 5.41) is 13.3. The van der Waals surface area contributed by atoms with E-state index in [9.17, 15) is 13.5 Å². The molecule has 4 nitrogen and oxygen atoms in total. The number of rotatable bonds is 3. The summed E-state index contributed by atoms with van der Waals surface area (Å²) in [7, 11) is -2.79. The van der Waals surface area contributed by atoms with Crippen LogP contribution in [0.3, 0.4) is 0 Å². The van der Waals surface area contributed by atoms with E-state index in [1.54, 1.807) is 6.07 Å². The number of aromatic hydroxyl groups is 1. The van der Waals surface area contributed by atoms with Gasteiger partial charge in [-0.15, -0.1) is 0 Å². The molecule has 1 saturated heterocycles. The first-order chi connectivity index (χ1) is 9.05. The molecule has 2 unspecified atom stereocenters. The summed E-state index contributed by atoms with van der Waals surface area (Å²) in [4.78, 5) is 0. The maximum absolute atomic E-state index is 11.4. The van der Waals surface area contributed by atoms with Gasteiger partial charge in [-0.1, -0.05) is 12.1 Å². The lowest BCUT2D eigenvalue weighted by Crippen LogP contribution is -2.26. The largest absolute Gasteiger partial charge is 0.508 e. The van der Waals surface area contributed by atoms with Crippen LogP contribution in [0.5, 0.6) is 5.75 Å². The molecule has 0 amide bonds. The Bertz CT molecular complexity index is 582. The molecule has 104 valence electrons. The van der Waals surface area contributed by atoms with E-state index >= 15 is 0 Å². The van der Waals surface area contributed by atoms with Crippen molar-refractivity contribution in [3.63, 3.8) is 0 Å². The first kappa shape index (κ1) is 12.9. The smallest absolute Gasteiger partial charge is 0.150 e. The number of phenols is 1. The molecule has 0 radical (unpaired) electrons. The fourth-order valence-electron chi connectivity index (χ4n) is 3.19. The maximum Gasteiger partial charge on any atom is 0.150 e. The Morgan fingerprint density at radius 2 is 2.16 bits per heavy atom. The van der Waals surface area contributed by atoms with Gasteiger partial charge in [0.15, 0.2) is 9.84 Å². The molecule has 1 aliphatic heterocycles. The first-order valence-corrected chi connectivity index (χ1v) is 8.62. The predicted molar refractivity (Wildman–Crippen MR) is 73.9 cm³/mol. The topological polar surface area (TPSA) is 66.4 Å². The molecule has 0 bridgehead atoms. The van der Waals surface area contributed by atoms with Crippen molar-refractivity contribution in [3.8, 4) is 5.75 Å². The summed E-state index contributed by atoms with van der Waals surface area (Å²) in [6, 6.07) is 5.90. The van der Waals surface area contributed by atoms with Crippen LogP contribution in [0.25, 0.3) is 0 Å². The van der Waals surface area contributed by atoms with Gasteiger partial charge in [0.1, 0.15) is 5.75 Å². The summed E-state index contributed by atoms with van der Waals surface area (Å²) >= 11 is 0. The van der Waals surface area contributed by atoms with Crippen LogP contribution in [-0.4, -0.2) is 31.6 Å². The average Bonchev–Trinajstić information content (AvgIpc) is 2.91. The van der Waals surface area contributed by atoms with E-state index in [0.717, 1.165) is 31.4 Å². The zero-order chi connectivity index (χ0) is 13.5. The van der Waals surface area contributed by atoms with E-state index in [-0.39, 0.29) is 12.0 Å². The summed E-state index contributed by atoms with van der Waals surface area (Å²) in [5.74, 6) is 1.28. The van der Waals surface area contributed by atoms with Crippen molar-refractivity contribution in [1.82, 2.24) is 5.32 Å². The van der Waals surface area contributed by atoms with Crippen molar-refractivity contribution in [1.29, 1.82) is 0 Å². The number of sulfone groups is 1. The second-order valence-corrected chi connectivity index (χ2v) is 7.84. The fourth-order valence-corrected chi connectivity index (χ4v) is 5.05. The molecular formula is C14H19NO3S. The molecule has 1 aromatic rings. The second kappa shape index (κ2) is 4.80.